The normalized spacial score (nSPS) is 14.4. The Balaban J connectivity index is 1.50. The monoisotopic (exact) mass is 451 g/mol. The Hall–Kier alpha value is -3.23. The third kappa shape index (κ3) is 4.51. The lowest BCUT2D eigenvalue weighted by molar-refractivity contribution is -0.115. The van der Waals surface area contributed by atoms with E-state index in [0.29, 0.717) is 43.1 Å². The molecule has 0 aliphatic carbocycles. The van der Waals surface area contributed by atoms with E-state index >= 15 is 0 Å². The third-order valence-electron chi connectivity index (χ3n) is 5.52. The Labute approximate surface area is 187 Å². The minimum Gasteiger partial charge on any atom is -0.354 e. The standard InChI is InChI=1S/C24H25N3O4S/c1-3-23(28)25-24-17(2)26-31-22(24)13-10-18-8-11-21(12-9-18)32(29,30)27-15-14-19-6-4-5-7-20(19)16-27/h4-13H,3,14-16H2,1-2H3,(H,25,28)/b13-10-. The van der Waals surface area contributed by atoms with Crippen LogP contribution in [0.25, 0.3) is 12.2 Å². The van der Waals surface area contributed by atoms with E-state index in [0.717, 1.165) is 11.1 Å². The average molecular weight is 452 g/mol. The number of carbonyl (C=O) groups is 1. The number of rotatable bonds is 6. The lowest BCUT2D eigenvalue weighted by atomic mass is 10.0. The molecule has 7 nitrogen and oxygen atoms in total. The zero-order valence-electron chi connectivity index (χ0n) is 18.0. The number of benzene rings is 2. The van der Waals surface area contributed by atoms with Crippen LogP contribution in [0.3, 0.4) is 0 Å². The molecule has 0 bridgehead atoms. The summed E-state index contributed by atoms with van der Waals surface area (Å²) in [5.74, 6) is 0.314. The zero-order valence-corrected chi connectivity index (χ0v) is 18.9. The van der Waals surface area contributed by atoms with Crippen molar-refractivity contribution in [3.8, 4) is 0 Å². The first-order valence-corrected chi connectivity index (χ1v) is 11.9. The lowest BCUT2D eigenvalue weighted by Crippen LogP contribution is -2.35. The molecule has 4 rings (SSSR count). The van der Waals surface area contributed by atoms with Gasteiger partial charge in [0.25, 0.3) is 0 Å². The maximum atomic E-state index is 13.1. The molecule has 0 radical (unpaired) electrons. The Morgan fingerprint density at radius 3 is 2.56 bits per heavy atom. The van der Waals surface area contributed by atoms with Crippen LogP contribution in [0.1, 0.15) is 41.5 Å². The Kier molecular flexibility index (Phi) is 6.25. The highest BCUT2D eigenvalue weighted by molar-refractivity contribution is 7.89. The van der Waals surface area contributed by atoms with Gasteiger partial charge in [0.1, 0.15) is 11.4 Å². The van der Waals surface area contributed by atoms with Crippen molar-refractivity contribution < 1.29 is 17.7 Å². The van der Waals surface area contributed by atoms with Gasteiger partial charge in [-0.25, -0.2) is 8.42 Å². The van der Waals surface area contributed by atoms with Gasteiger partial charge in [-0.2, -0.15) is 4.31 Å². The molecule has 1 aromatic heterocycles. The molecule has 0 atom stereocenters. The number of hydrogen-bond donors (Lipinski definition) is 1. The van der Waals surface area contributed by atoms with Gasteiger partial charge in [0.05, 0.1) is 4.90 Å². The minimum absolute atomic E-state index is 0.124. The highest BCUT2D eigenvalue weighted by atomic mass is 32.2. The topological polar surface area (TPSA) is 92.5 Å². The first-order valence-electron chi connectivity index (χ1n) is 10.5. The van der Waals surface area contributed by atoms with Crippen LogP contribution in [0.5, 0.6) is 0 Å². The van der Waals surface area contributed by atoms with E-state index in [2.05, 4.69) is 16.5 Å². The van der Waals surface area contributed by atoms with Crippen molar-refractivity contribution in [2.24, 2.45) is 0 Å². The van der Waals surface area contributed by atoms with Gasteiger partial charge in [0.2, 0.25) is 15.9 Å². The smallest absolute Gasteiger partial charge is 0.243 e. The van der Waals surface area contributed by atoms with Crippen LogP contribution in [0.4, 0.5) is 5.69 Å². The summed E-state index contributed by atoms with van der Waals surface area (Å²) < 4.78 is 33.0. The van der Waals surface area contributed by atoms with Crippen molar-refractivity contribution >= 4 is 33.8 Å². The molecule has 1 aliphatic rings. The maximum Gasteiger partial charge on any atom is 0.243 e. The van der Waals surface area contributed by atoms with Crippen molar-refractivity contribution in [3.05, 3.63) is 76.7 Å². The van der Waals surface area contributed by atoms with E-state index in [4.69, 9.17) is 4.52 Å². The van der Waals surface area contributed by atoms with Crippen molar-refractivity contribution in [3.63, 3.8) is 0 Å². The number of hydrogen-bond acceptors (Lipinski definition) is 5. The summed E-state index contributed by atoms with van der Waals surface area (Å²) in [6.07, 6.45) is 4.56. The Bertz CT molecular complexity index is 1260. The van der Waals surface area contributed by atoms with E-state index in [-0.39, 0.29) is 10.8 Å². The van der Waals surface area contributed by atoms with E-state index in [1.807, 2.05) is 18.2 Å². The van der Waals surface area contributed by atoms with Crippen LogP contribution in [0.2, 0.25) is 0 Å². The summed E-state index contributed by atoms with van der Waals surface area (Å²) in [5.41, 5.74) is 4.19. The molecule has 0 saturated carbocycles. The van der Waals surface area contributed by atoms with E-state index in [9.17, 15) is 13.2 Å². The van der Waals surface area contributed by atoms with Gasteiger partial charge in [-0.1, -0.05) is 54.6 Å². The maximum absolute atomic E-state index is 13.1. The average Bonchev–Trinajstić information content (AvgIpc) is 3.16. The number of amides is 1. The molecule has 0 saturated heterocycles. The molecule has 1 N–H and O–H groups in total. The number of nitrogens with one attached hydrogen (secondary N) is 1. The number of carbonyl (C=O) groups excluding carboxylic acids is 1. The number of fused-ring (bicyclic) bond motifs is 1. The van der Waals surface area contributed by atoms with E-state index < -0.39 is 10.0 Å². The molecular weight excluding hydrogens is 426 g/mol. The van der Waals surface area contributed by atoms with Gasteiger partial charge in [0, 0.05) is 19.5 Å². The fourth-order valence-corrected chi connectivity index (χ4v) is 5.05. The molecule has 1 amide bonds. The van der Waals surface area contributed by atoms with Crippen molar-refractivity contribution in [2.75, 3.05) is 11.9 Å². The number of aromatic nitrogens is 1. The molecule has 1 aliphatic heterocycles. The number of sulfonamides is 1. The first kappa shape index (κ1) is 22.0. The molecule has 2 aromatic carbocycles. The quantitative estimate of drug-likeness (QED) is 0.605. The predicted octanol–water partition coefficient (Wildman–Crippen LogP) is 4.25. The lowest BCUT2D eigenvalue weighted by Gasteiger charge is -2.28. The van der Waals surface area contributed by atoms with Crippen molar-refractivity contribution in [2.45, 2.75) is 38.1 Å². The largest absolute Gasteiger partial charge is 0.354 e. The summed E-state index contributed by atoms with van der Waals surface area (Å²) in [5, 5.41) is 6.69. The van der Waals surface area contributed by atoms with Crippen molar-refractivity contribution in [1.29, 1.82) is 0 Å². The SMILES string of the molecule is CCC(=O)Nc1c(C)noc1/C=C\c1ccc(S(=O)(=O)N2CCc3ccccc3C2)cc1. The van der Waals surface area contributed by atoms with Crippen LogP contribution in [0, 0.1) is 6.92 Å². The summed E-state index contributed by atoms with van der Waals surface area (Å²) in [7, 11) is -3.58. The highest BCUT2D eigenvalue weighted by Crippen LogP contribution is 2.26. The van der Waals surface area contributed by atoms with Gasteiger partial charge in [-0.05, 0) is 48.2 Å². The zero-order chi connectivity index (χ0) is 22.7. The van der Waals surface area contributed by atoms with Crippen LogP contribution < -0.4 is 5.32 Å². The van der Waals surface area contributed by atoms with Gasteiger partial charge < -0.3 is 9.84 Å². The molecule has 166 valence electrons. The minimum atomic E-state index is -3.58. The highest BCUT2D eigenvalue weighted by Gasteiger charge is 2.28. The number of anilines is 1. The van der Waals surface area contributed by atoms with Gasteiger partial charge >= 0.3 is 0 Å². The summed E-state index contributed by atoms with van der Waals surface area (Å²) >= 11 is 0. The van der Waals surface area contributed by atoms with E-state index in [1.165, 1.54) is 9.87 Å². The molecule has 0 spiro atoms. The molecule has 0 fully saturated rings. The summed E-state index contributed by atoms with van der Waals surface area (Å²) in [6, 6.07) is 14.7. The predicted molar refractivity (Wildman–Crippen MR) is 123 cm³/mol. The first-order chi connectivity index (χ1) is 15.4. The fourth-order valence-electron chi connectivity index (χ4n) is 3.63. The molecule has 8 heteroatoms. The third-order valence-corrected chi connectivity index (χ3v) is 7.37. The Morgan fingerprint density at radius 1 is 1.12 bits per heavy atom. The van der Waals surface area contributed by atoms with Crippen LogP contribution in [0.15, 0.2) is 57.9 Å². The van der Waals surface area contributed by atoms with Crippen LogP contribution in [-0.4, -0.2) is 30.3 Å². The fraction of sp³-hybridized carbons (Fsp3) is 0.250. The molecular formula is C24H25N3O4S. The Morgan fingerprint density at radius 2 is 1.84 bits per heavy atom. The van der Waals surface area contributed by atoms with E-state index in [1.54, 1.807) is 50.3 Å². The summed E-state index contributed by atoms with van der Waals surface area (Å²) in [4.78, 5) is 12.0. The van der Waals surface area contributed by atoms with Crippen molar-refractivity contribution in [1.82, 2.24) is 9.46 Å². The molecule has 3 aromatic rings. The summed E-state index contributed by atoms with van der Waals surface area (Å²) in [6.45, 7) is 4.38. The van der Waals surface area contributed by atoms with Gasteiger partial charge in [-0.15, -0.1) is 0 Å². The van der Waals surface area contributed by atoms with Gasteiger partial charge in [-0.3, -0.25) is 4.79 Å². The van der Waals surface area contributed by atoms with Crippen LogP contribution in [-0.2, 0) is 27.8 Å². The number of aryl methyl sites for hydroxylation is 1. The van der Waals surface area contributed by atoms with Crippen LogP contribution >= 0.6 is 0 Å². The molecule has 2 heterocycles. The molecule has 0 unspecified atom stereocenters. The molecule has 32 heavy (non-hydrogen) atoms. The number of nitrogens with zero attached hydrogens (tertiary/aromatic N) is 2. The second-order valence-electron chi connectivity index (χ2n) is 7.67. The van der Waals surface area contributed by atoms with Gasteiger partial charge in [0.15, 0.2) is 5.76 Å². The second kappa shape index (κ2) is 9.10. The second-order valence-corrected chi connectivity index (χ2v) is 9.61.